The molecule has 0 aromatic heterocycles. The maximum atomic E-state index is 6.04. The van der Waals surface area contributed by atoms with Crippen molar-refractivity contribution in [3.05, 3.63) is 93.8 Å². The SMILES string of the molecule is CC1=CC2C(C=C1)C1C=CC=CC1C2[Si](C)(CCCCCCOC(C)(C)C)C1=CC(C[Si](C)(C)C)=C2C=C(C)CC=C12. The molecule has 0 radical (unpaired) electrons. The summed E-state index contributed by atoms with van der Waals surface area (Å²) in [6.07, 6.45) is 31.8. The van der Waals surface area contributed by atoms with E-state index < -0.39 is 16.1 Å². The third-order valence-electron chi connectivity index (χ3n) is 10.4. The quantitative estimate of drug-likeness (QED) is 0.170. The Labute approximate surface area is 260 Å². The molecule has 228 valence electrons. The fourth-order valence-electron chi connectivity index (χ4n) is 8.68. The van der Waals surface area contributed by atoms with Gasteiger partial charge in [-0.05, 0) is 99.4 Å². The van der Waals surface area contributed by atoms with E-state index in [2.05, 4.69) is 122 Å². The molecule has 0 N–H and O–H groups in total. The van der Waals surface area contributed by atoms with Crippen LogP contribution in [0.2, 0.25) is 43.8 Å². The molecule has 0 saturated heterocycles. The zero-order valence-electron chi connectivity index (χ0n) is 28.2. The zero-order valence-corrected chi connectivity index (χ0v) is 30.2. The van der Waals surface area contributed by atoms with Crippen molar-refractivity contribution in [2.75, 3.05) is 6.61 Å². The van der Waals surface area contributed by atoms with Crippen LogP contribution in [0.5, 0.6) is 0 Å². The lowest BCUT2D eigenvalue weighted by Gasteiger charge is -2.43. The lowest BCUT2D eigenvalue weighted by Crippen LogP contribution is -2.44. The summed E-state index contributed by atoms with van der Waals surface area (Å²) in [4.78, 5) is 0. The van der Waals surface area contributed by atoms with Crippen LogP contribution >= 0.6 is 0 Å². The number of unbranched alkanes of at least 4 members (excludes halogenated alkanes) is 3. The van der Waals surface area contributed by atoms with E-state index in [0.29, 0.717) is 23.7 Å². The molecule has 6 atom stereocenters. The van der Waals surface area contributed by atoms with Gasteiger partial charge in [0.1, 0.15) is 0 Å². The molecule has 0 bridgehead atoms. The molecule has 0 amide bonds. The summed E-state index contributed by atoms with van der Waals surface area (Å²) in [6, 6.07) is 2.69. The maximum absolute atomic E-state index is 6.04. The van der Waals surface area contributed by atoms with Crippen molar-refractivity contribution in [2.45, 2.75) is 116 Å². The predicted octanol–water partition coefficient (Wildman–Crippen LogP) is 11.3. The first-order valence-electron chi connectivity index (χ1n) is 17.0. The maximum Gasteiger partial charge on any atom is 0.0887 e. The number of ether oxygens (including phenoxy) is 1. The third kappa shape index (κ3) is 6.84. The molecule has 0 aromatic rings. The first kappa shape index (κ1) is 31.7. The minimum Gasteiger partial charge on any atom is -0.376 e. The standard InChI is InChI=1S/C39H58OSi2/c1-28-19-21-33-35(24-28)30(27-41(6,7)8)26-37(33)42(9,23-15-11-10-14-22-40-39(3,4)5)38-34-17-13-12-16-31(34)32-20-18-29(2)25-36(32)38/h12-13,16-18,20-21,24-26,31-32,34,36,38H,10-11,14-15,19,22-23,27H2,1-9H3. The smallest absolute Gasteiger partial charge is 0.0887 e. The second-order valence-electron chi connectivity index (χ2n) is 16.5. The molecule has 1 saturated carbocycles. The highest BCUT2D eigenvalue weighted by atomic mass is 28.3. The summed E-state index contributed by atoms with van der Waals surface area (Å²) in [5, 5.41) is 1.80. The van der Waals surface area contributed by atoms with Gasteiger partial charge in [-0.1, -0.05) is 129 Å². The Morgan fingerprint density at radius 3 is 2.24 bits per heavy atom. The van der Waals surface area contributed by atoms with E-state index in [4.69, 9.17) is 4.74 Å². The van der Waals surface area contributed by atoms with Gasteiger partial charge in [0, 0.05) is 14.7 Å². The van der Waals surface area contributed by atoms with Crippen LogP contribution in [0.15, 0.2) is 93.8 Å². The molecule has 6 unspecified atom stereocenters. The van der Waals surface area contributed by atoms with E-state index >= 15 is 0 Å². The van der Waals surface area contributed by atoms with Crippen molar-refractivity contribution in [1.82, 2.24) is 0 Å². The molecule has 0 aromatic carbocycles. The van der Waals surface area contributed by atoms with Gasteiger partial charge >= 0.3 is 0 Å². The van der Waals surface area contributed by atoms with Crippen molar-refractivity contribution in [2.24, 2.45) is 23.7 Å². The van der Waals surface area contributed by atoms with Gasteiger partial charge in [0.2, 0.25) is 0 Å². The Kier molecular flexibility index (Phi) is 9.34. The Morgan fingerprint density at radius 2 is 1.52 bits per heavy atom. The minimum atomic E-state index is -1.93. The summed E-state index contributed by atoms with van der Waals surface area (Å²) in [5.74, 6) is 2.59. The van der Waals surface area contributed by atoms with Crippen molar-refractivity contribution in [3.63, 3.8) is 0 Å². The van der Waals surface area contributed by atoms with Gasteiger partial charge in [-0.15, -0.1) is 0 Å². The molecular weight excluding hydrogens is 541 g/mol. The minimum absolute atomic E-state index is 0.0309. The van der Waals surface area contributed by atoms with Gasteiger partial charge in [0.25, 0.3) is 0 Å². The normalized spacial score (nSPS) is 29.9. The van der Waals surface area contributed by atoms with Crippen molar-refractivity contribution in [3.8, 4) is 0 Å². The fourth-order valence-corrected chi connectivity index (χ4v) is 15.8. The molecule has 3 heteroatoms. The average molecular weight is 599 g/mol. The number of hydrogen-bond donors (Lipinski definition) is 0. The second-order valence-corrected chi connectivity index (χ2v) is 26.5. The van der Waals surface area contributed by atoms with Crippen LogP contribution in [0.4, 0.5) is 0 Å². The van der Waals surface area contributed by atoms with Gasteiger partial charge < -0.3 is 4.74 Å². The average Bonchev–Trinajstić information content (AvgIpc) is 3.41. The Hall–Kier alpha value is -1.69. The number of hydrogen-bond acceptors (Lipinski definition) is 1. The Morgan fingerprint density at radius 1 is 0.833 bits per heavy atom. The summed E-state index contributed by atoms with van der Waals surface area (Å²) in [5.41, 5.74) is 8.60. The summed E-state index contributed by atoms with van der Waals surface area (Å²) in [7, 11) is -3.19. The van der Waals surface area contributed by atoms with Gasteiger partial charge in [0.15, 0.2) is 0 Å². The first-order chi connectivity index (χ1) is 19.8. The van der Waals surface area contributed by atoms with Gasteiger partial charge in [-0.2, -0.15) is 0 Å². The van der Waals surface area contributed by atoms with Crippen LogP contribution in [-0.2, 0) is 4.74 Å². The Balaban J connectivity index is 1.49. The third-order valence-corrected chi connectivity index (χ3v) is 17.2. The van der Waals surface area contributed by atoms with Crippen LogP contribution in [-0.4, -0.2) is 28.4 Å². The second kappa shape index (κ2) is 12.4. The molecular formula is C39H58OSi2. The van der Waals surface area contributed by atoms with Gasteiger partial charge in [-0.25, -0.2) is 0 Å². The number of rotatable bonds is 11. The highest BCUT2D eigenvalue weighted by molar-refractivity contribution is 6.88. The van der Waals surface area contributed by atoms with E-state index in [1.165, 1.54) is 48.9 Å². The molecule has 0 aliphatic heterocycles. The first-order valence-corrected chi connectivity index (χ1v) is 23.4. The summed E-state index contributed by atoms with van der Waals surface area (Å²) < 4.78 is 6.04. The topological polar surface area (TPSA) is 9.23 Å². The molecule has 5 rings (SSSR count). The summed E-state index contributed by atoms with van der Waals surface area (Å²) >= 11 is 0. The lowest BCUT2D eigenvalue weighted by molar-refractivity contribution is -0.00471. The van der Waals surface area contributed by atoms with Crippen LogP contribution in [0.25, 0.3) is 0 Å². The highest BCUT2D eigenvalue weighted by Gasteiger charge is 2.57. The van der Waals surface area contributed by atoms with E-state index in [1.807, 2.05) is 0 Å². The van der Waals surface area contributed by atoms with E-state index in [-0.39, 0.29) is 5.60 Å². The molecule has 1 fully saturated rings. The predicted molar refractivity (Wildman–Crippen MR) is 189 cm³/mol. The van der Waals surface area contributed by atoms with Crippen LogP contribution in [0, 0.1) is 23.7 Å². The van der Waals surface area contributed by atoms with Gasteiger partial charge in [-0.3, -0.25) is 0 Å². The van der Waals surface area contributed by atoms with Crippen molar-refractivity contribution in [1.29, 1.82) is 0 Å². The lowest BCUT2D eigenvalue weighted by atomic mass is 9.82. The van der Waals surface area contributed by atoms with E-state index in [9.17, 15) is 0 Å². The van der Waals surface area contributed by atoms with Crippen LogP contribution < -0.4 is 0 Å². The fraction of sp³-hybridized carbons (Fsp3) is 0.590. The molecule has 0 spiro atoms. The van der Waals surface area contributed by atoms with Crippen LogP contribution in [0.1, 0.15) is 66.7 Å². The molecule has 5 aliphatic rings. The monoisotopic (exact) mass is 598 g/mol. The van der Waals surface area contributed by atoms with Gasteiger partial charge in [0.05, 0.1) is 13.7 Å². The highest BCUT2D eigenvalue weighted by Crippen LogP contribution is 2.62. The Bertz CT molecular complexity index is 1280. The largest absolute Gasteiger partial charge is 0.376 e. The van der Waals surface area contributed by atoms with E-state index in [1.54, 1.807) is 21.9 Å². The van der Waals surface area contributed by atoms with Crippen molar-refractivity contribution < 1.29 is 4.74 Å². The van der Waals surface area contributed by atoms with E-state index in [0.717, 1.165) is 18.6 Å². The number of fused-ring (bicyclic) bond motifs is 4. The molecule has 5 aliphatic carbocycles. The summed E-state index contributed by atoms with van der Waals surface area (Å²) in [6.45, 7) is 22.5. The van der Waals surface area contributed by atoms with Crippen molar-refractivity contribution >= 4 is 16.1 Å². The molecule has 42 heavy (non-hydrogen) atoms. The zero-order chi connectivity index (χ0) is 30.3. The molecule has 1 nitrogen and oxygen atoms in total. The molecule has 0 heterocycles. The number of allylic oxidation sites excluding steroid dienone is 16. The van der Waals surface area contributed by atoms with Crippen LogP contribution in [0.3, 0.4) is 0 Å².